The van der Waals surface area contributed by atoms with Crippen molar-refractivity contribution in [3.8, 4) is 0 Å². The van der Waals surface area contributed by atoms with Gasteiger partial charge in [0.25, 0.3) is 5.60 Å². The molecule has 2 aliphatic rings. The van der Waals surface area contributed by atoms with E-state index in [2.05, 4.69) is 5.16 Å². The number of Topliss-reactive ketones (excluding diaryl/α,β-unsaturated/α-hetero) is 1. The van der Waals surface area contributed by atoms with Gasteiger partial charge in [-0.25, -0.2) is 0 Å². The Morgan fingerprint density at radius 2 is 1.72 bits per heavy atom. The lowest BCUT2D eigenvalue weighted by Crippen LogP contribution is -2.42. The second kappa shape index (κ2) is 6.33. The maximum Gasteiger partial charge on any atom is 0.435 e. The van der Waals surface area contributed by atoms with Gasteiger partial charge in [-0.05, 0) is 35.7 Å². The lowest BCUT2D eigenvalue weighted by Gasteiger charge is -2.30. The predicted molar refractivity (Wildman–Crippen MR) is 90.5 cm³/mol. The van der Waals surface area contributed by atoms with Crippen LogP contribution in [0.15, 0.2) is 47.6 Å². The molecule has 0 aromatic heterocycles. The van der Waals surface area contributed by atoms with Crippen molar-refractivity contribution in [3.63, 3.8) is 0 Å². The zero-order valence-electron chi connectivity index (χ0n) is 14.7. The fourth-order valence-electron chi connectivity index (χ4n) is 3.64. The van der Waals surface area contributed by atoms with Crippen LogP contribution >= 0.6 is 0 Å². The first-order valence-electron chi connectivity index (χ1n) is 8.67. The third-order valence-corrected chi connectivity index (χ3v) is 5.20. The summed E-state index contributed by atoms with van der Waals surface area (Å²) >= 11 is 0. The molecule has 1 heterocycles. The van der Waals surface area contributed by atoms with E-state index in [-0.39, 0.29) is 11.5 Å². The van der Waals surface area contributed by atoms with E-state index < -0.39 is 35.5 Å². The molecule has 0 spiro atoms. The van der Waals surface area contributed by atoms with Crippen molar-refractivity contribution in [1.29, 1.82) is 0 Å². The number of hydrogen-bond acceptors (Lipinski definition) is 3. The molecular formula is C20H13F6NO2. The standard InChI is InChI=1S/C20H13F6NO2/c21-19(22,23)14-3-1-2-13(9-14)18(20(24,25)26)10-16(27-29-18)12-4-6-15-11(8-12)5-7-17(15)28/h1-4,6,8-9H,5,7,10H2. The molecule has 0 bridgehead atoms. The molecule has 9 heteroatoms. The van der Waals surface area contributed by atoms with E-state index in [1.165, 1.54) is 12.1 Å². The maximum absolute atomic E-state index is 14.0. The molecule has 0 saturated heterocycles. The first kappa shape index (κ1) is 19.5. The summed E-state index contributed by atoms with van der Waals surface area (Å²) in [6, 6.07) is 7.58. The molecule has 1 aliphatic carbocycles. The van der Waals surface area contributed by atoms with Crippen LogP contribution in [0.5, 0.6) is 0 Å². The number of carbonyl (C=O) groups excluding carboxylic acids is 1. The fraction of sp³-hybridized carbons (Fsp3) is 0.300. The van der Waals surface area contributed by atoms with Crippen molar-refractivity contribution in [2.45, 2.75) is 37.2 Å². The van der Waals surface area contributed by atoms with Gasteiger partial charge in [0.1, 0.15) is 0 Å². The molecule has 29 heavy (non-hydrogen) atoms. The number of carbonyl (C=O) groups is 1. The Bertz CT molecular complexity index is 1020. The van der Waals surface area contributed by atoms with Gasteiger partial charge < -0.3 is 4.84 Å². The molecule has 2 aromatic carbocycles. The van der Waals surface area contributed by atoms with Crippen molar-refractivity contribution in [1.82, 2.24) is 0 Å². The normalized spacial score (nSPS) is 21.7. The molecule has 152 valence electrons. The third kappa shape index (κ3) is 3.18. The van der Waals surface area contributed by atoms with Gasteiger partial charge in [0.15, 0.2) is 5.78 Å². The summed E-state index contributed by atoms with van der Waals surface area (Å²) in [4.78, 5) is 16.5. The summed E-state index contributed by atoms with van der Waals surface area (Å²) in [5.74, 6) is -0.0373. The third-order valence-electron chi connectivity index (χ3n) is 5.20. The van der Waals surface area contributed by atoms with Crippen molar-refractivity contribution >= 4 is 11.5 Å². The summed E-state index contributed by atoms with van der Waals surface area (Å²) in [6.45, 7) is 0. The summed E-state index contributed by atoms with van der Waals surface area (Å²) in [7, 11) is 0. The number of aryl methyl sites for hydroxylation is 1. The van der Waals surface area contributed by atoms with Gasteiger partial charge in [-0.15, -0.1) is 0 Å². The molecule has 2 aromatic rings. The summed E-state index contributed by atoms with van der Waals surface area (Å²) < 4.78 is 80.9. The highest BCUT2D eigenvalue weighted by molar-refractivity contribution is 6.05. The van der Waals surface area contributed by atoms with Gasteiger partial charge >= 0.3 is 12.4 Å². The molecule has 0 amide bonds. The zero-order valence-corrected chi connectivity index (χ0v) is 14.7. The van der Waals surface area contributed by atoms with Gasteiger partial charge in [0, 0.05) is 24.0 Å². The molecule has 3 nitrogen and oxygen atoms in total. The lowest BCUT2D eigenvalue weighted by molar-refractivity contribution is -0.276. The van der Waals surface area contributed by atoms with Gasteiger partial charge in [-0.1, -0.05) is 29.4 Å². The van der Waals surface area contributed by atoms with Crippen LogP contribution in [0.1, 0.15) is 45.5 Å². The minimum Gasteiger partial charge on any atom is -0.374 e. The average Bonchev–Trinajstić information content (AvgIpc) is 3.26. The number of rotatable bonds is 2. The van der Waals surface area contributed by atoms with Crippen LogP contribution in [-0.4, -0.2) is 17.7 Å². The monoisotopic (exact) mass is 413 g/mol. The Morgan fingerprint density at radius 3 is 2.41 bits per heavy atom. The maximum atomic E-state index is 14.0. The SMILES string of the molecule is O=C1CCc2cc(C3=NOC(c4cccc(C(F)(F)F)c4)(C(F)(F)F)C3)ccc21. The Hall–Kier alpha value is -2.84. The van der Waals surface area contributed by atoms with E-state index in [0.717, 1.165) is 12.1 Å². The van der Waals surface area contributed by atoms with E-state index >= 15 is 0 Å². The van der Waals surface area contributed by atoms with E-state index in [1.807, 2.05) is 0 Å². The highest BCUT2D eigenvalue weighted by atomic mass is 19.4. The molecule has 0 saturated carbocycles. The van der Waals surface area contributed by atoms with Crippen LogP contribution in [-0.2, 0) is 23.0 Å². The lowest BCUT2D eigenvalue weighted by atomic mass is 9.85. The molecule has 1 unspecified atom stereocenters. The Kier molecular flexibility index (Phi) is 4.25. The van der Waals surface area contributed by atoms with Crippen LogP contribution in [0, 0.1) is 0 Å². The highest BCUT2D eigenvalue weighted by Crippen LogP contribution is 2.49. The number of hydrogen-bond donors (Lipinski definition) is 0. The number of nitrogens with zero attached hydrogens (tertiary/aromatic N) is 1. The van der Waals surface area contributed by atoms with Crippen LogP contribution in [0.2, 0.25) is 0 Å². The Labute approximate surface area is 161 Å². The zero-order chi connectivity index (χ0) is 21.0. The fourth-order valence-corrected chi connectivity index (χ4v) is 3.64. The Morgan fingerprint density at radius 1 is 0.966 bits per heavy atom. The second-order valence-electron chi connectivity index (χ2n) is 7.00. The summed E-state index contributed by atoms with van der Waals surface area (Å²) in [5, 5.41) is 3.57. The van der Waals surface area contributed by atoms with E-state index in [4.69, 9.17) is 4.84 Å². The van der Waals surface area contributed by atoms with Crippen molar-refractivity contribution < 1.29 is 36.0 Å². The van der Waals surface area contributed by atoms with Crippen LogP contribution in [0.3, 0.4) is 0 Å². The van der Waals surface area contributed by atoms with Gasteiger partial charge in [0.05, 0.1) is 11.3 Å². The number of halogens is 6. The quantitative estimate of drug-likeness (QED) is 0.617. The molecule has 4 rings (SSSR count). The number of ketones is 1. The van der Waals surface area contributed by atoms with E-state index in [0.29, 0.717) is 41.7 Å². The average molecular weight is 413 g/mol. The summed E-state index contributed by atoms with van der Waals surface area (Å²) in [6.07, 6.45) is -9.76. The smallest absolute Gasteiger partial charge is 0.374 e. The van der Waals surface area contributed by atoms with Gasteiger partial charge in [-0.2, -0.15) is 26.3 Å². The number of benzene rings is 2. The topological polar surface area (TPSA) is 38.7 Å². The van der Waals surface area contributed by atoms with Crippen LogP contribution < -0.4 is 0 Å². The Balaban J connectivity index is 1.72. The van der Waals surface area contributed by atoms with E-state index in [9.17, 15) is 31.1 Å². The highest BCUT2D eigenvalue weighted by Gasteiger charge is 2.62. The number of oxime groups is 1. The molecule has 1 aliphatic heterocycles. The van der Waals surface area contributed by atoms with E-state index in [1.54, 1.807) is 6.07 Å². The molecule has 1 atom stereocenters. The predicted octanol–water partition coefficient (Wildman–Crippen LogP) is 5.42. The van der Waals surface area contributed by atoms with Crippen molar-refractivity contribution in [2.24, 2.45) is 5.16 Å². The summed E-state index contributed by atoms with van der Waals surface area (Å²) in [5.41, 5.74) is -3.36. The molecular weight excluding hydrogens is 400 g/mol. The minimum absolute atomic E-state index is 0.0373. The first-order valence-corrected chi connectivity index (χ1v) is 8.67. The van der Waals surface area contributed by atoms with Crippen molar-refractivity contribution in [2.75, 3.05) is 0 Å². The number of alkyl halides is 6. The van der Waals surface area contributed by atoms with Crippen molar-refractivity contribution in [3.05, 3.63) is 70.3 Å². The number of fused-ring (bicyclic) bond motifs is 1. The minimum atomic E-state index is -5.00. The molecule has 0 N–H and O–H groups in total. The van der Waals surface area contributed by atoms with Crippen LogP contribution in [0.25, 0.3) is 0 Å². The molecule has 0 fully saturated rings. The molecule has 0 radical (unpaired) electrons. The van der Waals surface area contributed by atoms with Gasteiger partial charge in [0.2, 0.25) is 0 Å². The first-order chi connectivity index (χ1) is 13.5. The second-order valence-corrected chi connectivity index (χ2v) is 7.00. The van der Waals surface area contributed by atoms with Crippen LogP contribution in [0.4, 0.5) is 26.3 Å². The largest absolute Gasteiger partial charge is 0.435 e. The van der Waals surface area contributed by atoms with Gasteiger partial charge in [-0.3, -0.25) is 4.79 Å².